The van der Waals surface area contributed by atoms with Gasteiger partial charge in [0, 0.05) is 22.5 Å². The minimum atomic E-state index is -3.14. The maximum absolute atomic E-state index is 12.2. The van der Waals surface area contributed by atoms with Crippen molar-refractivity contribution in [3.8, 4) is 0 Å². The van der Waals surface area contributed by atoms with E-state index < -0.39 is 9.84 Å². The van der Waals surface area contributed by atoms with Crippen LogP contribution in [0.5, 0.6) is 0 Å². The highest BCUT2D eigenvalue weighted by Crippen LogP contribution is 2.20. The molecule has 2 aromatic rings. The number of benzene rings is 2. The largest absolute Gasteiger partial charge is 0.322 e. The van der Waals surface area contributed by atoms with E-state index in [2.05, 4.69) is 5.32 Å². The van der Waals surface area contributed by atoms with Crippen LogP contribution in [-0.2, 0) is 15.6 Å². The third kappa shape index (κ3) is 4.58. The van der Waals surface area contributed by atoms with Crippen LogP contribution in [0.4, 0.5) is 5.69 Å². The summed E-state index contributed by atoms with van der Waals surface area (Å²) in [6, 6.07) is 11.8. The van der Waals surface area contributed by atoms with E-state index in [0.717, 1.165) is 11.8 Å². The Kier molecular flexibility index (Phi) is 4.88. The summed E-state index contributed by atoms with van der Waals surface area (Å²) in [5.74, 6) is -0.403. The fraction of sp³-hybridized carbons (Fsp3) is 0.188. The Labute approximate surface area is 135 Å². The van der Waals surface area contributed by atoms with Crippen LogP contribution in [0.25, 0.3) is 0 Å². The van der Waals surface area contributed by atoms with E-state index in [0.29, 0.717) is 21.8 Å². The minimum Gasteiger partial charge on any atom is -0.322 e. The van der Waals surface area contributed by atoms with E-state index in [-0.39, 0.29) is 11.7 Å². The van der Waals surface area contributed by atoms with Gasteiger partial charge in [-0.25, -0.2) is 8.42 Å². The summed E-state index contributed by atoms with van der Waals surface area (Å²) >= 11 is 6.02. The summed E-state index contributed by atoms with van der Waals surface area (Å²) in [5, 5.41) is 3.32. The summed E-state index contributed by atoms with van der Waals surface area (Å²) < 4.78 is 22.7. The lowest BCUT2D eigenvalue weighted by molar-refractivity contribution is 0.102. The van der Waals surface area contributed by atoms with Crippen molar-refractivity contribution in [1.29, 1.82) is 0 Å². The van der Waals surface area contributed by atoms with Gasteiger partial charge >= 0.3 is 0 Å². The molecule has 6 heteroatoms. The molecule has 0 unspecified atom stereocenters. The number of aryl methyl sites for hydroxylation is 1. The van der Waals surface area contributed by atoms with Crippen molar-refractivity contribution in [2.24, 2.45) is 0 Å². The first-order chi connectivity index (χ1) is 10.2. The van der Waals surface area contributed by atoms with Gasteiger partial charge < -0.3 is 5.32 Å². The number of nitrogens with one attached hydrogen (secondary N) is 1. The number of hydrogen-bond acceptors (Lipinski definition) is 3. The number of anilines is 1. The zero-order chi connectivity index (χ0) is 16.3. The summed E-state index contributed by atoms with van der Waals surface area (Å²) in [4.78, 5) is 12.2. The summed E-state index contributed by atoms with van der Waals surface area (Å²) in [7, 11) is -3.14. The maximum Gasteiger partial charge on any atom is 0.255 e. The number of rotatable bonds is 4. The number of amides is 1. The normalized spacial score (nSPS) is 11.2. The molecular formula is C16H16ClNO3S. The van der Waals surface area contributed by atoms with Crippen molar-refractivity contribution in [2.75, 3.05) is 11.6 Å². The quantitative estimate of drug-likeness (QED) is 0.929. The van der Waals surface area contributed by atoms with Crippen molar-refractivity contribution in [2.45, 2.75) is 12.7 Å². The molecule has 0 aromatic heterocycles. The highest BCUT2D eigenvalue weighted by Gasteiger charge is 2.10. The predicted molar refractivity (Wildman–Crippen MR) is 89.1 cm³/mol. The molecule has 0 fully saturated rings. The molecule has 0 aliphatic rings. The molecule has 0 atom stereocenters. The first-order valence-electron chi connectivity index (χ1n) is 6.59. The summed E-state index contributed by atoms with van der Waals surface area (Å²) in [5.41, 5.74) is 2.50. The second kappa shape index (κ2) is 6.50. The number of carbonyl (C=O) groups excluding carboxylic acids is 1. The fourth-order valence-corrected chi connectivity index (χ4v) is 2.94. The number of halogens is 1. The minimum absolute atomic E-state index is 0.0928. The molecule has 0 aliphatic carbocycles. The maximum atomic E-state index is 12.2. The fourth-order valence-electron chi connectivity index (χ4n) is 1.98. The lowest BCUT2D eigenvalue weighted by Crippen LogP contribution is -2.12. The molecule has 0 aliphatic heterocycles. The molecule has 0 bridgehead atoms. The second-order valence-electron chi connectivity index (χ2n) is 5.19. The molecule has 0 heterocycles. The topological polar surface area (TPSA) is 63.2 Å². The molecule has 1 N–H and O–H groups in total. The second-order valence-corrected chi connectivity index (χ2v) is 7.74. The van der Waals surface area contributed by atoms with E-state index in [1.807, 2.05) is 13.0 Å². The Morgan fingerprint density at radius 1 is 1.18 bits per heavy atom. The highest BCUT2D eigenvalue weighted by molar-refractivity contribution is 7.89. The number of carbonyl (C=O) groups is 1. The van der Waals surface area contributed by atoms with Crippen LogP contribution in [0.3, 0.4) is 0 Å². The van der Waals surface area contributed by atoms with E-state index in [9.17, 15) is 13.2 Å². The van der Waals surface area contributed by atoms with Gasteiger partial charge in [0.1, 0.15) is 0 Å². The summed E-state index contributed by atoms with van der Waals surface area (Å²) in [6.07, 6.45) is 1.16. The highest BCUT2D eigenvalue weighted by atomic mass is 35.5. The number of sulfone groups is 1. The van der Waals surface area contributed by atoms with Crippen molar-refractivity contribution in [3.05, 3.63) is 64.2 Å². The van der Waals surface area contributed by atoms with Gasteiger partial charge in [0.2, 0.25) is 0 Å². The van der Waals surface area contributed by atoms with Crippen LogP contribution >= 0.6 is 11.6 Å². The van der Waals surface area contributed by atoms with Crippen LogP contribution in [-0.4, -0.2) is 20.6 Å². The Hall–Kier alpha value is -1.85. The van der Waals surface area contributed by atoms with Gasteiger partial charge in [0.15, 0.2) is 9.84 Å². The van der Waals surface area contributed by atoms with Crippen LogP contribution in [0.15, 0.2) is 42.5 Å². The van der Waals surface area contributed by atoms with Gasteiger partial charge in [-0.1, -0.05) is 29.8 Å². The van der Waals surface area contributed by atoms with Gasteiger partial charge in [-0.15, -0.1) is 0 Å². The van der Waals surface area contributed by atoms with E-state index in [1.165, 1.54) is 0 Å². The van der Waals surface area contributed by atoms with Crippen LogP contribution in [0.2, 0.25) is 5.02 Å². The molecule has 0 spiro atoms. The van der Waals surface area contributed by atoms with Gasteiger partial charge in [0.25, 0.3) is 5.91 Å². The van der Waals surface area contributed by atoms with E-state index in [1.54, 1.807) is 36.4 Å². The first-order valence-corrected chi connectivity index (χ1v) is 9.02. The van der Waals surface area contributed by atoms with Crippen molar-refractivity contribution < 1.29 is 13.2 Å². The molecule has 0 saturated carbocycles. The Morgan fingerprint density at radius 3 is 2.55 bits per heavy atom. The van der Waals surface area contributed by atoms with Gasteiger partial charge in [-0.05, 0) is 42.3 Å². The van der Waals surface area contributed by atoms with Crippen molar-refractivity contribution in [1.82, 2.24) is 0 Å². The zero-order valence-corrected chi connectivity index (χ0v) is 13.8. The molecule has 4 nitrogen and oxygen atoms in total. The molecule has 1 amide bonds. The van der Waals surface area contributed by atoms with Crippen molar-refractivity contribution >= 4 is 33.0 Å². The summed E-state index contributed by atoms with van der Waals surface area (Å²) in [6.45, 7) is 1.88. The van der Waals surface area contributed by atoms with Gasteiger partial charge in [-0.3, -0.25) is 4.79 Å². The predicted octanol–water partition coefficient (Wildman–Crippen LogP) is 3.45. The molecule has 2 rings (SSSR count). The smallest absolute Gasteiger partial charge is 0.255 e. The Bertz CT molecular complexity index is 816. The Balaban J connectivity index is 2.19. The average molecular weight is 338 g/mol. The third-order valence-electron chi connectivity index (χ3n) is 3.05. The molecule has 0 saturated heterocycles. The molecule has 0 radical (unpaired) electrons. The number of hydrogen-bond donors (Lipinski definition) is 1. The van der Waals surface area contributed by atoms with E-state index >= 15 is 0 Å². The monoisotopic (exact) mass is 337 g/mol. The molecular weight excluding hydrogens is 322 g/mol. The lowest BCUT2D eigenvalue weighted by Gasteiger charge is -2.08. The Morgan fingerprint density at radius 2 is 1.91 bits per heavy atom. The standard InChI is InChI=1S/C16H16ClNO3S/c1-11-6-7-14(9-15(11)17)18-16(19)13-5-3-4-12(8-13)10-22(2,20)21/h3-9H,10H2,1-2H3,(H,18,19). The van der Waals surface area contributed by atoms with Crippen LogP contribution < -0.4 is 5.32 Å². The van der Waals surface area contributed by atoms with Crippen LogP contribution in [0.1, 0.15) is 21.5 Å². The van der Waals surface area contributed by atoms with Crippen LogP contribution in [0, 0.1) is 6.92 Å². The van der Waals surface area contributed by atoms with E-state index in [4.69, 9.17) is 11.6 Å². The molecule has 22 heavy (non-hydrogen) atoms. The first kappa shape index (κ1) is 16.5. The molecule has 116 valence electrons. The van der Waals surface area contributed by atoms with Gasteiger partial charge in [-0.2, -0.15) is 0 Å². The lowest BCUT2D eigenvalue weighted by atomic mass is 10.1. The molecule has 2 aromatic carbocycles. The van der Waals surface area contributed by atoms with Crippen molar-refractivity contribution in [3.63, 3.8) is 0 Å². The van der Waals surface area contributed by atoms with Gasteiger partial charge in [0.05, 0.1) is 5.75 Å². The third-order valence-corrected chi connectivity index (χ3v) is 4.31. The SMILES string of the molecule is Cc1ccc(NC(=O)c2cccc(CS(C)(=O)=O)c2)cc1Cl. The zero-order valence-electron chi connectivity index (χ0n) is 12.3. The average Bonchev–Trinajstić information content (AvgIpc) is 2.41.